The molecule has 0 bridgehead atoms. The SMILES string of the molecule is Cc1cc(C)cc(C(N)(CN)c2cc(C)cc(C)c2)c1.Cc1cc(C)cc(P(c2cc(C)cc(C)c2)c2ccc3ccccc3c2-c2c(P(c3cc(C)cc(C)c3)c3cc(C)cc(C)c3)ccc3ccccc23)c1.[Cl][Ru][Cl]. The van der Waals surface area contributed by atoms with Crippen molar-refractivity contribution in [3.05, 3.63) is 260 Å². The molecule has 0 aliphatic heterocycles. The van der Waals surface area contributed by atoms with E-state index in [4.69, 9.17) is 30.8 Å². The van der Waals surface area contributed by atoms with Gasteiger partial charge in [-0.1, -0.05) is 249 Å². The summed E-state index contributed by atoms with van der Waals surface area (Å²) in [6, 6.07) is 69.5. The normalized spacial score (nSPS) is 11.5. The molecule has 10 rings (SSSR count). The Morgan fingerprint density at radius 1 is 0.351 bits per heavy atom. The molecule has 10 aromatic rings. The van der Waals surface area contributed by atoms with Crippen LogP contribution in [0.25, 0.3) is 32.7 Å². The number of fused-ring (bicyclic) bond motifs is 2. The summed E-state index contributed by atoms with van der Waals surface area (Å²) in [5.74, 6) is 0. The average Bonchev–Trinajstić information content (AvgIpc) is 3.35. The molecule has 0 aliphatic rings. The van der Waals surface area contributed by atoms with E-state index in [9.17, 15) is 0 Å². The summed E-state index contributed by atoms with van der Waals surface area (Å²) in [6.45, 7) is 26.7. The van der Waals surface area contributed by atoms with Crippen LogP contribution in [-0.2, 0) is 20.7 Å². The average molecular weight is 1180 g/mol. The molecule has 77 heavy (non-hydrogen) atoms. The molecule has 10 aromatic carbocycles. The first-order valence-electron chi connectivity index (χ1n) is 26.3. The summed E-state index contributed by atoms with van der Waals surface area (Å²) in [5.41, 5.74) is 32.3. The van der Waals surface area contributed by atoms with Crippen molar-refractivity contribution < 1.29 is 15.1 Å². The molecule has 0 aromatic heterocycles. The van der Waals surface area contributed by atoms with Crippen LogP contribution < -0.4 is 43.3 Å². The molecule has 2 nitrogen and oxygen atoms in total. The standard InChI is InChI=1S/C52H48P2.C18H24N2.2ClH.Ru/c1-33-21-34(2)26-43(25-33)53(44-27-35(3)22-36(4)28-44)49-19-17-41-13-9-11-15-47(41)51(49)52-48-16-12-10-14-42(48)18-20-50(52)54(45-29-37(5)23-38(6)30-45)46-31-39(7)24-40(8)32-46;1-12-5-13(2)8-16(7-12)18(20,11-19)17-9-14(3)6-15(4)10-17;;;/h9-32H,1-8H3;5-10H,11,19-20H2,1-4H3;2*1H;/q;;;;+2/p-2. The van der Waals surface area contributed by atoms with Crippen LogP contribution in [0.5, 0.6) is 0 Å². The van der Waals surface area contributed by atoms with Crippen LogP contribution in [0.3, 0.4) is 0 Å². The van der Waals surface area contributed by atoms with E-state index in [1.54, 1.807) is 0 Å². The number of benzene rings is 10. The fourth-order valence-electron chi connectivity index (χ4n) is 11.5. The Morgan fingerprint density at radius 2 is 0.584 bits per heavy atom. The molecule has 394 valence electrons. The van der Waals surface area contributed by atoms with Crippen molar-refractivity contribution in [2.45, 2.75) is 88.6 Å². The summed E-state index contributed by atoms with van der Waals surface area (Å²) in [4.78, 5) is 0. The summed E-state index contributed by atoms with van der Waals surface area (Å²) < 4.78 is 0. The van der Waals surface area contributed by atoms with Gasteiger partial charge in [-0.15, -0.1) is 0 Å². The van der Waals surface area contributed by atoms with Crippen LogP contribution in [0, 0.1) is 83.1 Å². The zero-order chi connectivity index (χ0) is 55.3. The third-order valence-electron chi connectivity index (χ3n) is 14.2. The van der Waals surface area contributed by atoms with Gasteiger partial charge in [-0.3, -0.25) is 0 Å². The van der Waals surface area contributed by atoms with Gasteiger partial charge in [0.05, 0.1) is 5.54 Å². The van der Waals surface area contributed by atoms with Crippen molar-refractivity contribution in [1.82, 2.24) is 0 Å². The summed E-state index contributed by atoms with van der Waals surface area (Å²) in [5, 5.41) is 13.6. The van der Waals surface area contributed by atoms with E-state index in [0.717, 1.165) is 11.1 Å². The second-order valence-electron chi connectivity index (χ2n) is 21.4. The van der Waals surface area contributed by atoms with E-state index in [1.807, 2.05) is 0 Å². The molecule has 0 heterocycles. The predicted molar refractivity (Wildman–Crippen MR) is 340 cm³/mol. The molecular formula is C70H72Cl2N2P2Ru. The first-order chi connectivity index (χ1) is 36.8. The molecule has 0 fully saturated rings. The van der Waals surface area contributed by atoms with Crippen LogP contribution in [0.4, 0.5) is 0 Å². The van der Waals surface area contributed by atoms with E-state index in [1.165, 1.54) is 131 Å². The fourth-order valence-corrected chi connectivity index (χ4v) is 17.2. The number of rotatable bonds is 10. The number of nitrogens with two attached hydrogens (primary N) is 2. The van der Waals surface area contributed by atoms with Crippen molar-refractivity contribution in [2.24, 2.45) is 11.5 Å². The van der Waals surface area contributed by atoms with Gasteiger partial charge >= 0.3 is 34.5 Å². The van der Waals surface area contributed by atoms with Crippen molar-refractivity contribution in [3.63, 3.8) is 0 Å². The van der Waals surface area contributed by atoms with Gasteiger partial charge in [-0.25, -0.2) is 0 Å². The van der Waals surface area contributed by atoms with Gasteiger partial charge in [0.25, 0.3) is 0 Å². The third kappa shape index (κ3) is 13.4. The maximum atomic E-state index is 6.69. The Kier molecular flexibility index (Phi) is 19.0. The second-order valence-corrected chi connectivity index (χ2v) is 28.4. The van der Waals surface area contributed by atoms with Gasteiger partial charge in [0.2, 0.25) is 0 Å². The number of hydrogen-bond acceptors (Lipinski definition) is 2. The summed E-state index contributed by atoms with van der Waals surface area (Å²) in [7, 11) is 7.83. The van der Waals surface area contributed by atoms with Gasteiger partial charge in [-0.2, -0.15) is 0 Å². The van der Waals surface area contributed by atoms with E-state index in [-0.39, 0.29) is 15.1 Å². The zero-order valence-electron chi connectivity index (χ0n) is 46.7. The Morgan fingerprint density at radius 3 is 0.831 bits per heavy atom. The second kappa shape index (κ2) is 25.2. The first-order valence-corrected chi connectivity index (χ1v) is 33.4. The zero-order valence-corrected chi connectivity index (χ0v) is 51.7. The molecule has 0 unspecified atom stereocenters. The molecule has 0 amide bonds. The van der Waals surface area contributed by atoms with Crippen molar-refractivity contribution in [2.75, 3.05) is 6.54 Å². The van der Waals surface area contributed by atoms with Crippen LogP contribution in [0.15, 0.2) is 182 Å². The number of hydrogen-bond donors (Lipinski definition) is 2. The van der Waals surface area contributed by atoms with Crippen LogP contribution >= 0.6 is 35.2 Å². The minimum absolute atomic E-state index is 0.346. The Hall–Kier alpha value is -5.30. The van der Waals surface area contributed by atoms with Gasteiger partial charge < -0.3 is 11.5 Å². The Labute approximate surface area is 477 Å². The number of aryl methyl sites for hydroxylation is 12. The van der Waals surface area contributed by atoms with E-state index in [2.05, 4.69) is 265 Å². The molecule has 0 atom stereocenters. The summed E-state index contributed by atoms with van der Waals surface area (Å²) >= 11 is -0.346. The predicted octanol–water partition coefficient (Wildman–Crippen LogP) is 16.1. The van der Waals surface area contributed by atoms with Gasteiger partial charge in [0.1, 0.15) is 0 Å². The van der Waals surface area contributed by atoms with Crippen LogP contribution in [0.2, 0.25) is 0 Å². The monoisotopic (exact) mass is 1170 g/mol. The molecular weight excluding hydrogens is 1100 g/mol. The molecule has 0 radical (unpaired) electrons. The topological polar surface area (TPSA) is 52.0 Å². The van der Waals surface area contributed by atoms with Crippen molar-refractivity contribution in [3.8, 4) is 11.1 Å². The van der Waals surface area contributed by atoms with Gasteiger partial charge in [0, 0.05) is 6.54 Å². The molecule has 0 spiro atoms. The van der Waals surface area contributed by atoms with Crippen LogP contribution in [0.1, 0.15) is 77.9 Å². The Balaban J connectivity index is 0.000000284. The Bertz CT molecular complexity index is 3310. The van der Waals surface area contributed by atoms with E-state index < -0.39 is 21.4 Å². The molecule has 7 heteroatoms. The van der Waals surface area contributed by atoms with Gasteiger partial charge in [-0.05, 0) is 175 Å². The molecule has 0 aliphatic carbocycles. The minimum atomic E-state index is -0.937. The quantitative estimate of drug-likeness (QED) is 0.106. The summed E-state index contributed by atoms with van der Waals surface area (Å²) in [6.07, 6.45) is 0. The molecule has 4 N–H and O–H groups in total. The molecule has 0 saturated heterocycles. The maximum absolute atomic E-state index is 6.69. The van der Waals surface area contributed by atoms with Crippen LogP contribution in [-0.4, -0.2) is 6.54 Å². The fraction of sp³-hybridized carbons (Fsp3) is 0.200. The van der Waals surface area contributed by atoms with Crippen molar-refractivity contribution in [1.29, 1.82) is 0 Å². The third-order valence-corrected chi connectivity index (χ3v) is 19.0. The van der Waals surface area contributed by atoms with E-state index >= 15 is 0 Å². The molecule has 0 saturated carbocycles. The first kappa shape index (κ1) is 57.9. The van der Waals surface area contributed by atoms with E-state index in [0.29, 0.717) is 6.54 Å². The number of halogens is 2. The van der Waals surface area contributed by atoms with Crippen molar-refractivity contribution >= 4 is 88.6 Å². The van der Waals surface area contributed by atoms with Gasteiger partial charge in [0.15, 0.2) is 0 Å².